The van der Waals surface area contributed by atoms with Crippen molar-refractivity contribution in [3.8, 4) is 5.69 Å². The lowest BCUT2D eigenvalue weighted by molar-refractivity contribution is 0.0878. The van der Waals surface area contributed by atoms with Crippen molar-refractivity contribution in [1.29, 1.82) is 0 Å². The minimum absolute atomic E-state index is 0.0196. The summed E-state index contributed by atoms with van der Waals surface area (Å²) in [4.78, 5) is 48.1. The summed E-state index contributed by atoms with van der Waals surface area (Å²) in [7, 11) is 0. The summed E-state index contributed by atoms with van der Waals surface area (Å²) in [5.74, 6) is -1.62. The smallest absolute Gasteiger partial charge is 0.262 e. The van der Waals surface area contributed by atoms with Gasteiger partial charge in [-0.15, -0.1) is 0 Å². The number of nitrogens with zero attached hydrogens (tertiary/aromatic N) is 1. The number of anilines is 1. The topological polar surface area (TPSA) is 123 Å². The maximum absolute atomic E-state index is 12.6. The number of nitrogens with two attached hydrogens (primary N) is 1. The molecule has 24 heavy (non-hydrogen) atoms. The van der Waals surface area contributed by atoms with E-state index in [1.54, 1.807) is 19.1 Å². The molecule has 8 heteroatoms. The maximum Gasteiger partial charge on any atom is 0.262 e. The first-order chi connectivity index (χ1) is 11.4. The fourth-order valence-corrected chi connectivity index (χ4v) is 3.23. The number of hydrogen-bond donors (Lipinski definition) is 3. The molecule has 3 heterocycles. The molecule has 0 fully saturated rings. The van der Waals surface area contributed by atoms with Crippen molar-refractivity contribution in [3.63, 3.8) is 0 Å². The zero-order valence-electron chi connectivity index (χ0n) is 12.6. The van der Waals surface area contributed by atoms with E-state index in [9.17, 15) is 19.2 Å². The van der Waals surface area contributed by atoms with Crippen LogP contribution >= 0.6 is 0 Å². The Balaban J connectivity index is 2.10. The summed E-state index contributed by atoms with van der Waals surface area (Å²) in [6.07, 6.45) is 0. The first kappa shape index (κ1) is 14.2. The van der Waals surface area contributed by atoms with Gasteiger partial charge in [-0.05, 0) is 18.6 Å². The molecule has 1 aromatic heterocycles. The van der Waals surface area contributed by atoms with Crippen LogP contribution in [-0.4, -0.2) is 22.3 Å². The zero-order valence-corrected chi connectivity index (χ0v) is 12.6. The van der Waals surface area contributed by atoms with E-state index in [0.717, 1.165) is 11.6 Å². The molecule has 0 saturated heterocycles. The Hall–Kier alpha value is -3.42. The molecular formula is C16H12N4O4. The third-order valence-electron chi connectivity index (χ3n) is 4.33. The number of fused-ring (bicyclic) bond motifs is 2. The molecule has 0 bridgehead atoms. The molecule has 0 aliphatic carbocycles. The minimum atomic E-state index is -0.641. The van der Waals surface area contributed by atoms with Crippen molar-refractivity contribution in [1.82, 2.24) is 15.2 Å². The van der Waals surface area contributed by atoms with Crippen molar-refractivity contribution >= 4 is 23.5 Å². The normalized spacial score (nSPS) is 15.1. The van der Waals surface area contributed by atoms with Crippen LogP contribution in [0.25, 0.3) is 5.69 Å². The van der Waals surface area contributed by atoms with Crippen LogP contribution in [0, 0.1) is 6.92 Å². The van der Waals surface area contributed by atoms with E-state index in [1.165, 1.54) is 4.57 Å². The fourth-order valence-electron chi connectivity index (χ4n) is 3.23. The van der Waals surface area contributed by atoms with Gasteiger partial charge >= 0.3 is 0 Å². The summed E-state index contributed by atoms with van der Waals surface area (Å²) >= 11 is 0. The molecule has 8 nitrogen and oxygen atoms in total. The van der Waals surface area contributed by atoms with Gasteiger partial charge in [0.15, 0.2) is 0 Å². The molecule has 120 valence electrons. The number of rotatable bonds is 1. The van der Waals surface area contributed by atoms with Crippen LogP contribution in [0.5, 0.6) is 0 Å². The van der Waals surface area contributed by atoms with Crippen molar-refractivity contribution in [2.24, 2.45) is 0 Å². The number of imide groups is 1. The van der Waals surface area contributed by atoms with Gasteiger partial charge in [0.1, 0.15) is 5.82 Å². The Labute approximate surface area is 135 Å². The Kier molecular flexibility index (Phi) is 2.69. The van der Waals surface area contributed by atoms with Crippen LogP contribution in [0.4, 0.5) is 5.82 Å². The number of nitrogens with one attached hydrogen (secondary N) is 2. The first-order valence-electron chi connectivity index (χ1n) is 7.22. The molecule has 4 rings (SSSR count). The van der Waals surface area contributed by atoms with E-state index in [4.69, 9.17) is 5.73 Å². The largest absolute Gasteiger partial charge is 0.384 e. The van der Waals surface area contributed by atoms with E-state index >= 15 is 0 Å². The van der Waals surface area contributed by atoms with Gasteiger partial charge in [0, 0.05) is 23.7 Å². The van der Waals surface area contributed by atoms with Crippen LogP contribution in [0.2, 0.25) is 0 Å². The number of benzene rings is 1. The van der Waals surface area contributed by atoms with Crippen LogP contribution in [0.1, 0.15) is 42.2 Å². The van der Waals surface area contributed by atoms with Crippen LogP contribution in [0.3, 0.4) is 0 Å². The Morgan fingerprint density at radius 1 is 1.04 bits per heavy atom. The Morgan fingerprint density at radius 2 is 1.79 bits per heavy atom. The van der Waals surface area contributed by atoms with E-state index in [2.05, 4.69) is 10.6 Å². The number of carbonyl (C=O) groups is 3. The van der Waals surface area contributed by atoms with E-state index in [1.807, 2.05) is 0 Å². The summed E-state index contributed by atoms with van der Waals surface area (Å²) in [5.41, 5.74) is 7.76. The standard InChI is InChI=1S/C16H12N4O4/c1-6-2-3-7-9(5-18-14(7)22)12(6)20-10(21)4-8-11(13(20)17)16(24)19-15(8)23/h2-4H,5,17H2,1H3,(H,18,22)(H,19,23,24). The van der Waals surface area contributed by atoms with Crippen LogP contribution in [0.15, 0.2) is 23.0 Å². The molecule has 2 aliphatic rings. The number of pyridine rings is 1. The number of carbonyl (C=O) groups excluding carboxylic acids is 3. The summed E-state index contributed by atoms with van der Waals surface area (Å²) < 4.78 is 1.19. The number of nitrogen functional groups attached to an aromatic ring is 1. The van der Waals surface area contributed by atoms with Gasteiger partial charge in [-0.25, -0.2) is 0 Å². The first-order valence-corrected chi connectivity index (χ1v) is 7.22. The van der Waals surface area contributed by atoms with Crippen molar-refractivity contribution in [2.45, 2.75) is 13.5 Å². The zero-order chi connectivity index (χ0) is 17.2. The van der Waals surface area contributed by atoms with Crippen molar-refractivity contribution in [3.05, 3.63) is 56.4 Å². The highest BCUT2D eigenvalue weighted by atomic mass is 16.2. The average Bonchev–Trinajstić information content (AvgIpc) is 3.02. The second-order valence-electron chi connectivity index (χ2n) is 5.72. The molecular weight excluding hydrogens is 312 g/mol. The third kappa shape index (κ3) is 1.67. The molecule has 2 aromatic rings. The summed E-state index contributed by atoms with van der Waals surface area (Å²) in [5, 5.41) is 4.83. The highest BCUT2D eigenvalue weighted by Crippen LogP contribution is 2.30. The van der Waals surface area contributed by atoms with E-state index < -0.39 is 17.4 Å². The second-order valence-corrected chi connectivity index (χ2v) is 5.72. The van der Waals surface area contributed by atoms with Crippen molar-refractivity contribution in [2.75, 3.05) is 5.73 Å². The van der Waals surface area contributed by atoms with Gasteiger partial charge in [0.25, 0.3) is 23.3 Å². The quantitative estimate of drug-likeness (QED) is 0.630. The maximum atomic E-state index is 12.6. The average molecular weight is 324 g/mol. The SMILES string of the molecule is Cc1ccc2c(c1-n1c(N)c3c(cc1=O)C(=O)NC3=O)CNC2=O. The minimum Gasteiger partial charge on any atom is -0.384 e. The lowest BCUT2D eigenvalue weighted by atomic mass is 10.0. The van der Waals surface area contributed by atoms with Gasteiger partial charge in [-0.1, -0.05) is 6.07 Å². The highest BCUT2D eigenvalue weighted by Gasteiger charge is 2.33. The molecule has 0 atom stereocenters. The van der Waals surface area contributed by atoms with E-state index in [0.29, 0.717) is 16.8 Å². The van der Waals surface area contributed by atoms with Gasteiger partial charge in [-0.3, -0.25) is 29.1 Å². The Bertz CT molecular complexity index is 1040. The van der Waals surface area contributed by atoms with Gasteiger partial charge in [-0.2, -0.15) is 0 Å². The molecule has 0 saturated carbocycles. The number of hydrogen-bond acceptors (Lipinski definition) is 5. The van der Waals surface area contributed by atoms with Crippen LogP contribution < -0.4 is 21.9 Å². The van der Waals surface area contributed by atoms with Gasteiger partial charge in [0.2, 0.25) is 0 Å². The van der Waals surface area contributed by atoms with Crippen molar-refractivity contribution < 1.29 is 14.4 Å². The predicted octanol–water partition coefficient (Wildman–Crippen LogP) is -0.145. The van der Waals surface area contributed by atoms with E-state index in [-0.39, 0.29) is 29.4 Å². The fraction of sp³-hybridized carbons (Fsp3) is 0.125. The molecule has 4 N–H and O–H groups in total. The lowest BCUT2D eigenvalue weighted by Crippen LogP contribution is -2.25. The lowest BCUT2D eigenvalue weighted by Gasteiger charge is -2.17. The molecule has 0 spiro atoms. The predicted molar refractivity (Wildman–Crippen MR) is 84.2 cm³/mol. The molecule has 2 aliphatic heterocycles. The number of aromatic nitrogens is 1. The van der Waals surface area contributed by atoms with Gasteiger partial charge in [0.05, 0.1) is 16.8 Å². The monoisotopic (exact) mass is 324 g/mol. The van der Waals surface area contributed by atoms with Gasteiger partial charge < -0.3 is 11.1 Å². The number of aryl methyl sites for hydroxylation is 1. The molecule has 0 radical (unpaired) electrons. The number of amides is 3. The third-order valence-corrected chi connectivity index (χ3v) is 4.33. The summed E-state index contributed by atoms with van der Waals surface area (Å²) in [6.45, 7) is 2.04. The highest BCUT2D eigenvalue weighted by molar-refractivity contribution is 6.23. The molecule has 1 aromatic carbocycles. The summed E-state index contributed by atoms with van der Waals surface area (Å²) in [6, 6.07) is 4.49. The van der Waals surface area contributed by atoms with Crippen LogP contribution in [-0.2, 0) is 6.54 Å². The molecule has 3 amide bonds. The second kappa shape index (κ2) is 4.54. The Morgan fingerprint density at radius 3 is 2.54 bits per heavy atom. The molecule has 0 unspecified atom stereocenters.